The molecule has 2 unspecified atom stereocenters. The van der Waals surface area contributed by atoms with Crippen LogP contribution >= 0.6 is 0 Å². The number of rotatable bonds is 1. The molecule has 2 rings (SSSR count). The Labute approximate surface area is 71.0 Å². The summed E-state index contributed by atoms with van der Waals surface area (Å²) in [4.78, 5) is 11.3. The molecule has 1 saturated carbocycles. The molecule has 1 saturated heterocycles. The van der Waals surface area contributed by atoms with Crippen LogP contribution in [-0.2, 0) is 14.3 Å². The van der Waals surface area contributed by atoms with Crippen LogP contribution in [0.15, 0.2) is 0 Å². The van der Waals surface area contributed by atoms with Crippen molar-refractivity contribution in [3.63, 3.8) is 0 Å². The molecule has 4 heteroatoms. The smallest absolute Gasteiger partial charge is 0.338 e. The first-order chi connectivity index (χ1) is 5.60. The molecule has 0 radical (unpaired) electrons. The second-order valence-electron chi connectivity index (χ2n) is 3.81. The Hall–Kier alpha value is -0.610. The van der Waals surface area contributed by atoms with Crippen molar-refractivity contribution in [2.24, 2.45) is 5.73 Å². The van der Waals surface area contributed by atoms with Gasteiger partial charge in [0, 0.05) is 12.0 Å². The van der Waals surface area contributed by atoms with Crippen LogP contribution in [0.5, 0.6) is 0 Å². The summed E-state index contributed by atoms with van der Waals surface area (Å²) in [7, 11) is 1.38. The van der Waals surface area contributed by atoms with E-state index in [1.54, 1.807) is 0 Å². The lowest BCUT2D eigenvalue weighted by atomic mass is 10.0. The van der Waals surface area contributed by atoms with Crippen molar-refractivity contribution in [2.75, 3.05) is 13.7 Å². The van der Waals surface area contributed by atoms with Gasteiger partial charge in [-0.25, -0.2) is 4.79 Å². The average Bonchev–Trinajstić information content (AvgIpc) is 2.57. The molecule has 2 bridgehead atoms. The number of nitrogens with two attached hydrogens (primary N) is 1. The SMILES string of the molecule is COC(=O)C12CCC(N)(CO1)C2. The molecule has 1 aliphatic carbocycles. The third-order valence-electron chi connectivity index (χ3n) is 2.86. The molecule has 1 heterocycles. The van der Waals surface area contributed by atoms with E-state index in [-0.39, 0.29) is 11.5 Å². The summed E-state index contributed by atoms with van der Waals surface area (Å²) in [5.74, 6) is -0.271. The maximum Gasteiger partial charge on any atom is 0.338 e. The van der Waals surface area contributed by atoms with Gasteiger partial charge in [-0.15, -0.1) is 0 Å². The lowest BCUT2D eigenvalue weighted by Gasteiger charge is -2.24. The fourth-order valence-corrected chi connectivity index (χ4v) is 2.14. The zero-order chi connectivity index (χ0) is 8.82. The predicted molar refractivity (Wildman–Crippen MR) is 41.5 cm³/mol. The van der Waals surface area contributed by atoms with Gasteiger partial charge < -0.3 is 15.2 Å². The molecule has 68 valence electrons. The number of ether oxygens (including phenoxy) is 2. The summed E-state index contributed by atoms with van der Waals surface area (Å²) in [5, 5.41) is 0. The van der Waals surface area contributed by atoms with Crippen molar-refractivity contribution in [1.82, 2.24) is 0 Å². The zero-order valence-corrected chi connectivity index (χ0v) is 7.13. The zero-order valence-electron chi connectivity index (χ0n) is 7.13. The van der Waals surface area contributed by atoms with Crippen molar-refractivity contribution < 1.29 is 14.3 Å². The van der Waals surface area contributed by atoms with Gasteiger partial charge in [0.1, 0.15) is 0 Å². The first-order valence-electron chi connectivity index (χ1n) is 4.12. The molecule has 0 amide bonds. The van der Waals surface area contributed by atoms with E-state index in [0.29, 0.717) is 19.4 Å². The first kappa shape index (κ1) is 8.01. The summed E-state index contributed by atoms with van der Waals surface area (Å²) < 4.78 is 10.1. The van der Waals surface area contributed by atoms with Crippen LogP contribution in [0.3, 0.4) is 0 Å². The molecule has 1 aliphatic heterocycles. The molecule has 2 aliphatic rings. The Bertz CT molecular complexity index is 218. The van der Waals surface area contributed by atoms with Gasteiger partial charge in [-0.3, -0.25) is 0 Å². The first-order valence-corrected chi connectivity index (χ1v) is 4.12. The van der Waals surface area contributed by atoms with Crippen LogP contribution in [-0.4, -0.2) is 30.8 Å². The van der Waals surface area contributed by atoms with E-state index in [1.165, 1.54) is 7.11 Å². The van der Waals surface area contributed by atoms with Crippen LogP contribution in [0.4, 0.5) is 0 Å². The number of carbonyl (C=O) groups is 1. The van der Waals surface area contributed by atoms with E-state index in [9.17, 15) is 4.79 Å². The minimum Gasteiger partial charge on any atom is -0.467 e. The van der Waals surface area contributed by atoms with E-state index >= 15 is 0 Å². The Balaban J connectivity index is 2.20. The summed E-state index contributed by atoms with van der Waals surface area (Å²) in [5.41, 5.74) is 4.97. The topological polar surface area (TPSA) is 61.5 Å². The quantitative estimate of drug-likeness (QED) is 0.555. The summed E-state index contributed by atoms with van der Waals surface area (Å²) in [6, 6.07) is 0. The number of hydrogen-bond acceptors (Lipinski definition) is 4. The summed E-state index contributed by atoms with van der Waals surface area (Å²) in [6.07, 6.45) is 2.19. The van der Waals surface area contributed by atoms with Crippen molar-refractivity contribution in [1.29, 1.82) is 0 Å². The standard InChI is InChI=1S/C8H13NO3/c1-11-6(10)8-3-2-7(9,4-8)5-12-8/h2-5,9H2,1H3. The molecule has 2 N–H and O–H groups in total. The highest BCUT2D eigenvalue weighted by Crippen LogP contribution is 2.46. The molecule has 2 atom stereocenters. The molecule has 12 heavy (non-hydrogen) atoms. The Morgan fingerprint density at radius 3 is 2.67 bits per heavy atom. The number of methoxy groups -OCH3 is 1. The largest absolute Gasteiger partial charge is 0.467 e. The van der Waals surface area contributed by atoms with Gasteiger partial charge in [0.2, 0.25) is 0 Å². The number of esters is 1. The number of carbonyl (C=O) groups excluding carboxylic acids is 1. The van der Waals surface area contributed by atoms with Crippen LogP contribution in [0, 0.1) is 0 Å². The van der Waals surface area contributed by atoms with Crippen molar-refractivity contribution in [3.8, 4) is 0 Å². The van der Waals surface area contributed by atoms with Gasteiger partial charge in [0.05, 0.1) is 13.7 Å². The van der Waals surface area contributed by atoms with Crippen molar-refractivity contribution >= 4 is 5.97 Å². The van der Waals surface area contributed by atoms with E-state index in [0.717, 1.165) is 6.42 Å². The molecule has 0 aromatic heterocycles. The Morgan fingerprint density at radius 1 is 1.58 bits per heavy atom. The average molecular weight is 171 g/mol. The number of fused-ring (bicyclic) bond motifs is 2. The molecular weight excluding hydrogens is 158 g/mol. The van der Waals surface area contributed by atoms with Gasteiger partial charge in [-0.05, 0) is 12.8 Å². The molecular formula is C8H13NO3. The van der Waals surface area contributed by atoms with Crippen LogP contribution < -0.4 is 5.73 Å². The molecule has 4 nitrogen and oxygen atoms in total. The van der Waals surface area contributed by atoms with E-state index < -0.39 is 5.60 Å². The van der Waals surface area contributed by atoms with Crippen LogP contribution in [0.1, 0.15) is 19.3 Å². The Morgan fingerprint density at radius 2 is 2.33 bits per heavy atom. The van der Waals surface area contributed by atoms with Crippen molar-refractivity contribution in [2.45, 2.75) is 30.4 Å². The predicted octanol–water partition coefficient (Wildman–Crippen LogP) is -0.190. The fourth-order valence-electron chi connectivity index (χ4n) is 2.14. The summed E-state index contributed by atoms with van der Waals surface area (Å²) in [6.45, 7) is 0.488. The van der Waals surface area contributed by atoms with Crippen LogP contribution in [0.25, 0.3) is 0 Å². The minimum atomic E-state index is -0.705. The highest BCUT2D eigenvalue weighted by atomic mass is 16.6. The number of hydrogen-bond donors (Lipinski definition) is 1. The fraction of sp³-hybridized carbons (Fsp3) is 0.875. The van der Waals surface area contributed by atoms with Gasteiger partial charge in [-0.2, -0.15) is 0 Å². The Kier molecular flexibility index (Phi) is 1.47. The van der Waals surface area contributed by atoms with Gasteiger partial charge >= 0.3 is 5.97 Å². The second kappa shape index (κ2) is 2.20. The minimum absolute atomic E-state index is 0.270. The maximum atomic E-state index is 11.3. The summed E-state index contributed by atoms with van der Waals surface area (Å²) >= 11 is 0. The lowest BCUT2D eigenvalue weighted by Crippen LogP contribution is -2.39. The van der Waals surface area contributed by atoms with E-state index in [1.807, 2.05) is 0 Å². The second-order valence-corrected chi connectivity index (χ2v) is 3.81. The molecule has 0 spiro atoms. The monoisotopic (exact) mass is 171 g/mol. The molecule has 0 aromatic carbocycles. The maximum absolute atomic E-state index is 11.3. The van der Waals surface area contributed by atoms with Gasteiger partial charge in [-0.1, -0.05) is 0 Å². The normalized spacial score (nSPS) is 44.8. The van der Waals surface area contributed by atoms with Gasteiger partial charge in [0.25, 0.3) is 0 Å². The highest BCUT2D eigenvalue weighted by Gasteiger charge is 2.58. The molecule has 2 fully saturated rings. The van der Waals surface area contributed by atoms with Gasteiger partial charge in [0.15, 0.2) is 5.60 Å². The third-order valence-corrected chi connectivity index (χ3v) is 2.86. The third kappa shape index (κ3) is 0.881. The van der Waals surface area contributed by atoms with Crippen LogP contribution in [0.2, 0.25) is 0 Å². The lowest BCUT2D eigenvalue weighted by molar-refractivity contribution is -0.165. The van der Waals surface area contributed by atoms with E-state index in [4.69, 9.17) is 10.5 Å². The van der Waals surface area contributed by atoms with E-state index in [2.05, 4.69) is 4.74 Å². The highest BCUT2D eigenvalue weighted by molar-refractivity contribution is 5.80. The van der Waals surface area contributed by atoms with Crippen molar-refractivity contribution in [3.05, 3.63) is 0 Å². The molecule has 0 aromatic rings.